The van der Waals surface area contributed by atoms with Crippen molar-refractivity contribution in [3.63, 3.8) is 0 Å². The van der Waals surface area contributed by atoms with Crippen molar-refractivity contribution in [1.82, 2.24) is 0 Å². The number of benzene rings is 3. The summed E-state index contributed by atoms with van der Waals surface area (Å²) in [7, 11) is 0. The minimum absolute atomic E-state index is 0.0574. The molecule has 0 amide bonds. The molecule has 3 aromatic carbocycles. The quantitative estimate of drug-likeness (QED) is 0.343. The van der Waals surface area contributed by atoms with Gasteiger partial charge in [-0.15, -0.1) is 0 Å². The standard InChI is InChI=1S/C23H20FNO3/c24-22-12-5-4-10-20(22)21(11-6-9-17-7-2-1-3-8-17)23(26)18-13-15-19(16-14-18)25(27)28/h1-8,10-16,21,23,26H,9H2/b11-6-. The van der Waals surface area contributed by atoms with E-state index >= 15 is 0 Å². The molecule has 2 atom stereocenters. The topological polar surface area (TPSA) is 63.4 Å². The molecule has 0 bridgehead atoms. The first kappa shape index (κ1) is 19.5. The highest BCUT2D eigenvalue weighted by molar-refractivity contribution is 5.37. The van der Waals surface area contributed by atoms with E-state index in [0.29, 0.717) is 17.5 Å². The van der Waals surface area contributed by atoms with Gasteiger partial charge in [0, 0.05) is 18.1 Å². The van der Waals surface area contributed by atoms with E-state index in [9.17, 15) is 19.6 Å². The normalized spacial score (nSPS) is 13.4. The summed E-state index contributed by atoms with van der Waals surface area (Å²) in [4.78, 5) is 10.3. The molecular formula is C23H20FNO3. The van der Waals surface area contributed by atoms with Crippen molar-refractivity contribution < 1.29 is 14.4 Å². The molecule has 5 heteroatoms. The Bertz CT molecular complexity index is 955. The van der Waals surface area contributed by atoms with Crippen molar-refractivity contribution in [2.24, 2.45) is 0 Å². The summed E-state index contributed by atoms with van der Waals surface area (Å²) in [6.45, 7) is 0. The first-order valence-electron chi connectivity index (χ1n) is 8.93. The van der Waals surface area contributed by atoms with Crippen LogP contribution in [0, 0.1) is 15.9 Å². The van der Waals surface area contributed by atoms with Gasteiger partial charge in [-0.2, -0.15) is 0 Å². The number of rotatable bonds is 7. The van der Waals surface area contributed by atoms with Crippen LogP contribution in [0.4, 0.5) is 10.1 Å². The predicted octanol–water partition coefficient (Wildman–Crippen LogP) is 5.35. The monoisotopic (exact) mass is 377 g/mol. The Hall–Kier alpha value is -3.31. The van der Waals surface area contributed by atoms with E-state index in [2.05, 4.69) is 0 Å². The zero-order chi connectivity index (χ0) is 19.9. The number of nitro benzene ring substituents is 1. The Kier molecular flexibility index (Phi) is 6.29. The second-order valence-corrected chi connectivity index (χ2v) is 6.46. The van der Waals surface area contributed by atoms with Crippen LogP contribution in [0.3, 0.4) is 0 Å². The van der Waals surface area contributed by atoms with Gasteiger partial charge < -0.3 is 5.11 Å². The van der Waals surface area contributed by atoms with Crippen molar-refractivity contribution in [2.45, 2.75) is 18.4 Å². The molecule has 0 aromatic heterocycles. The maximum atomic E-state index is 14.4. The van der Waals surface area contributed by atoms with E-state index < -0.39 is 22.8 Å². The molecule has 0 heterocycles. The van der Waals surface area contributed by atoms with Crippen LogP contribution in [0.5, 0.6) is 0 Å². The molecule has 0 aliphatic heterocycles. The fourth-order valence-electron chi connectivity index (χ4n) is 3.09. The second-order valence-electron chi connectivity index (χ2n) is 6.46. The van der Waals surface area contributed by atoms with Gasteiger partial charge in [0.1, 0.15) is 5.82 Å². The molecule has 0 radical (unpaired) electrons. The number of aliphatic hydroxyl groups excluding tert-OH is 1. The molecule has 2 unspecified atom stereocenters. The Labute approximate surface area is 162 Å². The van der Waals surface area contributed by atoms with Crippen LogP contribution in [0.15, 0.2) is 91.0 Å². The zero-order valence-electron chi connectivity index (χ0n) is 15.1. The van der Waals surface area contributed by atoms with Crippen molar-refractivity contribution in [3.8, 4) is 0 Å². The highest BCUT2D eigenvalue weighted by Gasteiger charge is 2.23. The van der Waals surface area contributed by atoms with E-state index in [1.54, 1.807) is 24.3 Å². The lowest BCUT2D eigenvalue weighted by atomic mass is 9.88. The molecule has 3 rings (SSSR count). The van der Waals surface area contributed by atoms with Crippen LogP contribution in [0.1, 0.15) is 28.7 Å². The highest BCUT2D eigenvalue weighted by Crippen LogP contribution is 2.34. The molecule has 4 nitrogen and oxygen atoms in total. The number of halogens is 1. The Morgan fingerprint density at radius 3 is 2.25 bits per heavy atom. The molecule has 3 aromatic rings. The lowest BCUT2D eigenvalue weighted by Crippen LogP contribution is -2.11. The first-order valence-corrected chi connectivity index (χ1v) is 8.93. The molecule has 1 N–H and O–H groups in total. The van der Waals surface area contributed by atoms with Gasteiger partial charge in [-0.1, -0.05) is 60.7 Å². The number of aliphatic hydroxyl groups is 1. The lowest BCUT2D eigenvalue weighted by Gasteiger charge is -2.21. The van der Waals surface area contributed by atoms with E-state index in [1.807, 2.05) is 36.4 Å². The number of hydrogen-bond donors (Lipinski definition) is 1. The Morgan fingerprint density at radius 1 is 0.964 bits per heavy atom. The SMILES string of the molecule is O=[N+]([O-])c1ccc(C(O)C(/C=C\Cc2ccccc2)c2ccccc2F)cc1. The van der Waals surface area contributed by atoms with Crippen molar-refractivity contribution >= 4 is 5.69 Å². The molecule has 0 aliphatic carbocycles. The second kappa shape index (κ2) is 9.06. The number of allylic oxidation sites excluding steroid dienone is 1. The Morgan fingerprint density at radius 2 is 1.61 bits per heavy atom. The minimum Gasteiger partial charge on any atom is -0.387 e. The molecule has 0 aliphatic rings. The highest BCUT2D eigenvalue weighted by atomic mass is 19.1. The third-order valence-corrected chi connectivity index (χ3v) is 4.59. The van der Waals surface area contributed by atoms with E-state index in [1.165, 1.54) is 30.3 Å². The molecule has 0 saturated heterocycles. The summed E-state index contributed by atoms with van der Waals surface area (Å²) in [5.74, 6) is -1.02. The smallest absolute Gasteiger partial charge is 0.269 e. The lowest BCUT2D eigenvalue weighted by molar-refractivity contribution is -0.384. The summed E-state index contributed by atoms with van der Waals surface area (Å²) < 4.78 is 14.4. The largest absolute Gasteiger partial charge is 0.387 e. The van der Waals surface area contributed by atoms with Crippen LogP contribution in [-0.2, 0) is 6.42 Å². The van der Waals surface area contributed by atoms with Gasteiger partial charge >= 0.3 is 0 Å². The van der Waals surface area contributed by atoms with Gasteiger partial charge in [-0.25, -0.2) is 4.39 Å². The van der Waals surface area contributed by atoms with Gasteiger partial charge in [-0.3, -0.25) is 10.1 Å². The molecule has 0 saturated carbocycles. The van der Waals surface area contributed by atoms with E-state index in [-0.39, 0.29) is 5.69 Å². The number of nitrogens with zero attached hydrogens (tertiary/aromatic N) is 1. The third kappa shape index (κ3) is 4.69. The van der Waals surface area contributed by atoms with E-state index in [4.69, 9.17) is 0 Å². The van der Waals surface area contributed by atoms with Crippen LogP contribution < -0.4 is 0 Å². The Balaban J connectivity index is 1.89. The zero-order valence-corrected chi connectivity index (χ0v) is 15.1. The van der Waals surface area contributed by atoms with Crippen molar-refractivity contribution in [3.05, 3.63) is 124 Å². The van der Waals surface area contributed by atoms with Gasteiger partial charge in [0.2, 0.25) is 0 Å². The summed E-state index contributed by atoms with van der Waals surface area (Å²) in [6, 6.07) is 21.8. The van der Waals surface area contributed by atoms with Crippen LogP contribution >= 0.6 is 0 Å². The average Bonchev–Trinajstić information content (AvgIpc) is 2.72. The maximum absolute atomic E-state index is 14.4. The summed E-state index contributed by atoms with van der Waals surface area (Å²) >= 11 is 0. The fourth-order valence-corrected chi connectivity index (χ4v) is 3.09. The molecule has 28 heavy (non-hydrogen) atoms. The number of non-ortho nitro benzene ring substituents is 1. The summed E-state index contributed by atoms with van der Waals surface area (Å²) in [5, 5.41) is 21.7. The molecule has 142 valence electrons. The van der Waals surface area contributed by atoms with Crippen LogP contribution in [0.2, 0.25) is 0 Å². The van der Waals surface area contributed by atoms with Crippen LogP contribution in [0.25, 0.3) is 0 Å². The first-order chi connectivity index (χ1) is 13.6. The molecule has 0 fully saturated rings. The molecule has 0 spiro atoms. The number of hydrogen-bond acceptors (Lipinski definition) is 3. The minimum atomic E-state index is -1.04. The van der Waals surface area contributed by atoms with E-state index in [0.717, 1.165) is 5.56 Å². The van der Waals surface area contributed by atoms with Crippen molar-refractivity contribution in [2.75, 3.05) is 0 Å². The van der Waals surface area contributed by atoms with Gasteiger partial charge in [0.05, 0.1) is 11.0 Å². The van der Waals surface area contributed by atoms with Gasteiger partial charge in [0.15, 0.2) is 0 Å². The maximum Gasteiger partial charge on any atom is 0.269 e. The number of nitro groups is 1. The van der Waals surface area contributed by atoms with Gasteiger partial charge in [0.25, 0.3) is 5.69 Å². The van der Waals surface area contributed by atoms with Gasteiger partial charge in [-0.05, 0) is 41.3 Å². The fraction of sp³-hybridized carbons (Fsp3) is 0.130. The third-order valence-electron chi connectivity index (χ3n) is 4.59. The summed E-state index contributed by atoms with van der Waals surface area (Å²) in [5.41, 5.74) is 1.91. The average molecular weight is 377 g/mol. The molecular weight excluding hydrogens is 357 g/mol. The van der Waals surface area contributed by atoms with Crippen molar-refractivity contribution in [1.29, 1.82) is 0 Å². The predicted molar refractivity (Wildman–Crippen MR) is 106 cm³/mol. The van der Waals surface area contributed by atoms with Crippen LogP contribution in [-0.4, -0.2) is 10.0 Å². The summed E-state index contributed by atoms with van der Waals surface area (Å²) in [6.07, 6.45) is 3.31.